The van der Waals surface area contributed by atoms with Crippen LogP contribution in [0.25, 0.3) is 28.9 Å². The van der Waals surface area contributed by atoms with Crippen LogP contribution in [-0.2, 0) is 0 Å². The SMILES string of the molecule is C.C=C/C(=C\C=C/C)c1oc(/C=C\C)c(C=C)c1-c1ccc(=O)[nH]c1.CC. The smallest absolute Gasteiger partial charge is 0.247 e. The Morgan fingerprint density at radius 2 is 1.85 bits per heavy atom. The fraction of sp³-hybridized carbons (Fsp3) is 0.208. The maximum atomic E-state index is 11.4. The molecular formula is C24H31NO2. The summed E-state index contributed by atoms with van der Waals surface area (Å²) in [4.78, 5) is 14.1. The van der Waals surface area contributed by atoms with Gasteiger partial charge >= 0.3 is 0 Å². The van der Waals surface area contributed by atoms with Crippen LogP contribution in [-0.4, -0.2) is 4.98 Å². The van der Waals surface area contributed by atoms with Crippen molar-refractivity contribution >= 4 is 17.7 Å². The van der Waals surface area contributed by atoms with E-state index in [1.807, 2.05) is 58.1 Å². The molecule has 3 nitrogen and oxygen atoms in total. The van der Waals surface area contributed by atoms with Gasteiger partial charge < -0.3 is 9.40 Å². The highest BCUT2D eigenvalue weighted by Crippen LogP contribution is 2.38. The number of pyridine rings is 1. The average Bonchev–Trinajstić information content (AvgIpc) is 3.03. The summed E-state index contributed by atoms with van der Waals surface area (Å²) in [5.41, 5.74) is 3.32. The molecule has 2 rings (SSSR count). The van der Waals surface area contributed by atoms with E-state index in [-0.39, 0.29) is 13.0 Å². The van der Waals surface area contributed by atoms with Crippen molar-refractivity contribution in [1.82, 2.24) is 4.98 Å². The van der Waals surface area contributed by atoms with E-state index in [1.54, 1.807) is 24.4 Å². The zero-order valence-electron chi connectivity index (χ0n) is 16.0. The quantitative estimate of drug-likeness (QED) is 0.554. The predicted octanol–water partition coefficient (Wildman–Crippen LogP) is 7.12. The number of hydrogen-bond acceptors (Lipinski definition) is 2. The molecule has 2 heterocycles. The van der Waals surface area contributed by atoms with Crippen molar-refractivity contribution < 1.29 is 4.42 Å². The van der Waals surface area contributed by atoms with Gasteiger partial charge in [0.15, 0.2) is 0 Å². The van der Waals surface area contributed by atoms with Crippen molar-refractivity contribution in [2.75, 3.05) is 0 Å². The summed E-state index contributed by atoms with van der Waals surface area (Å²) in [6, 6.07) is 3.27. The molecule has 0 saturated heterocycles. The Labute approximate surface area is 163 Å². The van der Waals surface area contributed by atoms with Crippen LogP contribution in [0.4, 0.5) is 0 Å². The molecule has 27 heavy (non-hydrogen) atoms. The molecule has 0 bridgehead atoms. The molecule has 2 aromatic heterocycles. The first-order chi connectivity index (χ1) is 12.7. The predicted molar refractivity (Wildman–Crippen MR) is 121 cm³/mol. The lowest BCUT2D eigenvalue weighted by molar-refractivity contribution is 0.544. The molecule has 0 atom stereocenters. The fourth-order valence-corrected chi connectivity index (χ4v) is 2.43. The number of hydrogen-bond donors (Lipinski definition) is 1. The van der Waals surface area contributed by atoms with Crippen LogP contribution < -0.4 is 5.56 Å². The number of aromatic nitrogens is 1. The first-order valence-electron chi connectivity index (χ1n) is 8.73. The number of furan rings is 1. The Balaban J connectivity index is 0.00000218. The summed E-state index contributed by atoms with van der Waals surface area (Å²) in [7, 11) is 0. The van der Waals surface area contributed by atoms with Crippen LogP contribution in [0, 0.1) is 0 Å². The molecule has 0 amide bonds. The Morgan fingerprint density at radius 1 is 1.15 bits per heavy atom. The standard InChI is InChI=1S/C21H21NO2.C2H6.CH4/c1-5-9-11-15(7-3)21-20(16-12-13-19(23)22-14-16)17(8-4)18(24-21)10-6-2;1-2;/h5-14H,3-4H2,1-2H3,(H,22,23);1-2H3;1H4/b9-5-,10-6-,15-11+;;. The summed E-state index contributed by atoms with van der Waals surface area (Å²) < 4.78 is 6.09. The summed E-state index contributed by atoms with van der Waals surface area (Å²) in [5.74, 6) is 1.41. The molecule has 0 spiro atoms. The lowest BCUT2D eigenvalue weighted by Gasteiger charge is -2.04. The molecule has 3 heteroatoms. The fourth-order valence-electron chi connectivity index (χ4n) is 2.43. The molecule has 0 aromatic carbocycles. The first-order valence-corrected chi connectivity index (χ1v) is 8.73. The number of rotatable bonds is 6. The van der Waals surface area contributed by atoms with Crippen molar-refractivity contribution in [1.29, 1.82) is 0 Å². The molecule has 0 aliphatic rings. The first kappa shape index (κ1) is 23.9. The maximum Gasteiger partial charge on any atom is 0.247 e. The van der Waals surface area contributed by atoms with E-state index in [4.69, 9.17) is 4.42 Å². The van der Waals surface area contributed by atoms with Gasteiger partial charge in [0.1, 0.15) is 11.5 Å². The molecule has 0 saturated carbocycles. The summed E-state index contributed by atoms with van der Waals surface area (Å²) >= 11 is 0. The summed E-state index contributed by atoms with van der Waals surface area (Å²) in [5, 5.41) is 0. The van der Waals surface area contributed by atoms with E-state index in [0.717, 1.165) is 28.0 Å². The minimum Gasteiger partial charge on any atom is -0.455 e. The van der Waals surface area contributed by atoms with Crippen molar-refractivity contribution in [3.8, 4) is 11.1 Å². The number of aromatic amines is 1. The van der Waals surface area contributed by atoms with Crippen molar-refractivity contribution in [3.63, 3.8) is 0 Å². The van der Waals surface area contributed by atoms with Crippen LogP contribution in [0.1, 0.15) is 52.2 Å². The lowest BCUT2D eigenvalue weighted by atomic mass is 9.98. The molecular weight excluding hydrogens is 334 g/mol. The molecule has 0 aliphatic carbocycles. The van der Waals surface area contributed by atoms with E-state index >= 15 is 0 Å². The molecule has 0 unspecified atom stereocenters. The van der Waals surface area contributed by atoms with Gasteiger partial charge in [-0.3, -0.25) is 4.79 Å². The average molecular weight is 366 g/mol. The summed E-state index contributed by atoms with van der Waals surface area (Å²) in [6.45, 7) is 15.7. The third kappa shape index (κ3) is 5.71. The summed E-state index contributed by atoms with van der Waals surface area (Å²) in [6.07, 6.45) is 14.8. The van der Waals surface area contributed by atoms with E-state index in [0.29, 0.717) is 5.76 Å². The highest BCUT2D eigenvalue weighted by Gasteiger charge is 2.20. The van der Waals surface area contributed by atoms with Gasteiger partial charge in [-0.2, -0.15) is 0 Å². The van der Waals surface area contributed by atoms with Gasteiger partial charge in [0, 0.05) is 34.5 Å². The van der Waals surface area contributed by atoms with Gasteiger partial charge in [0.25, 0.3) is 0 Å². The van der Waals surface area contributed by atoms with Crippen LogP contribution in [0.2, 0.25) is 0 Å². The third-order valence-corrected chi connectivity index (χ3v) is 3.52. The zero-order valence-corrected chi connectivity index (χ0v) is 16.0. The second-order valence-electron chi connectivity index (χ2n) is 5.08. The highest BCUT2D eigenvalue weighted by atomic mass is 16.3. The normalized spacial score (nSPS) is 11.0. The van der Waals surface area contributed by atoms with Gasteiger partial charge in [-0.15, -0.1) is 0 Å². The number of nitrogens with one attached hydrogen (secondary N) is 1. The highest BCUT2D eigenvalue weighted by molar-refractivity contribution is 5.90. The lowest BCUT2D eigenvalue weighted by Crippen LogP contribution is -2.01. The number of allylic oxidation sites excluding steroid dienone is 6. The Kier molecular flexibility index (Phi) is 10.9. The van der Waals surface area contributed by atoms with E-state index in [9.17, 15) is 4.79 Å². The van der Waals surface area contributed by atoms with Crippen LogP contribution >= 0.6 is 0 Å². The third-order valence-electron chi connectivity index (χ3n) is 3.52. The second-order valence-corrected chi connectivity index (χ2v) is 5.08. The Bertz CT molecular complexity index is 869. The molecule has 1 N–H and O–H groups in total. The van der Waals surface area contributed by atoms with Crippen LogP contribution in [0.15, 0.2) is 71.1 Å². The Hall–Kier alpha value is -3.07. The van der Waals surface area contributed by atoms with E-state index < -0.39 is 0 Å². The van der Waals surface area contributed by atoms with Gasteiger partial charge in [0.05, 0.1) is 0 Å². The topological polar surface area (TPSA) is 46.0 Å². The molecule has 0 fully saturated rings. The monoisotopic (exact) mass is 365 g/mol. The van der Waals surface area contributed by atoms with Gasteiger partial charge in [-0.05, 0) is 26.0 Å². The van der Waals surface area contributed by atoms with Gasteiger partial charge in [-0.1, -0.05) is 70.9 Å². The number of H-pyrrole nitrogens is 1. The largest absolute Gasteiger partial charge is 0.455 e. The van der Waals surface area contributed by atoms with E-state index in [1.165, 1.54) is 6.07 Å². The Morgan fingerprint density at radius 3 is 2.33 bits per heavy atom. The minimum absolute atomic E-state index is 0. The van der Waals surface area contributed by atoms with Crippen LogP contribution in [0.3, 0.4) is 0 Å². The zero-order chi connectivity index (χ0) is 19.5. The maximum absolute atomic E-state index is 11.4. The van der Waals surface area contributed by atoms with Crippen molar-refractivity contribution in [2.24, 2.45) is 0 Å². The van der Waals surface area contributed by atoms with Gasteiger partial charge in [0.2, 0.25) is 5.56 Å². The van der Waals surface area contributed by atoms with E-state index in [2.05, 4.69) is 18.1 Å². The molecule has 2 aromatic rings. The molecule has 0 aliphatic heterocycles. The second kappa shape index (κ2) is 12.3. The van der Waals surface area contributed by atoms with Crippen molar-refractivity contribution in [2.45, 2.75) is 35.1 Å². The van der Waals surface area contributed by atoms with Crippen LogP contribution in [0.5, 0.6) is 0 Å². The molecule has 144 valence electrons. The van der Waals surface area contributed by atoms with Crippen molar-refractivity contribution in [3.05, 3.63) is 89.3 Å². The minimum atomic E-state index is -0.147. The van der Waals surface area contributed by atoms with Gasteiger partial charge in [-0.25, -0.2) is 0 Å². The molecule has 0 radical (unpaired) electrons.